The Hall–Kier alpha value is -2.57. The Balaban J connectivity index is 1.49. The van der Waals surface area contributed by atoms with Crippen LogP contribution in [0, 0.1) is 17.3 Å². The number of nitrogens with zero attached hydrogens (tertiary/aromatic N) is 3. The average molecular weight is 385 g/mol. The normalized spacial score (nSPS) is 26.7. The number of fused-ring (bicyclic) bond motifs is 1. The molecule has 2 amide bonds. The van der Waals surface area contributed by atoms with Crippen molar-refractivity contribution in [2.24, 2.45) is 17.3 Å². The van der Waals surface area contributed by atoms with Gasteiger partial charge in [0.1, 0.15) is 5.41 Å². The Morgan fingerprint density at radius 1 is 1.04 bits per heavy atom. The Kier molecular flexibility index (Phi) is 4.56. The lowest BCUT2D eigenvalue weighted by Crippen LogP contribution is -2.44. The Labute approximate surface area is 164 Å². The van der Waals surface area contributed by atoms with Crippen LogP contribution in [-0.4, -0.2) is 73.0 Å². The lowest BCUT2D eigenvalue weighted by molar-refractivity contribution is -0.149. The highest BCUT2D eigenvalue weighted by Gasteiger charge is 2.59. The SMILES string of the molecule is CN(C)c1ccc(C(=O)N2C[C@H]3CN(C(=O)C4CCC4)C[C@@]3(C(=O)O)C2)cc1. The van der Waals surface area contributed by atoms with Crippen molar-refractivity contribution in [1.82, 2.24) is 9.80 Å². The van der Waals surface area contributed by atoms with Crippen molar-refractivity contribution in [3.63, 3.8) is 0 Å². The van der Waals surface area contributed by atoms with Crippen molar-refractivity contribution < 1.29 is 19.5 Å². The van der Waals surface area contributed by atoms with Crippen molar-refractivity contribution in [2.45, 2.75) is 19.3 Å². The fraction of sp³-hybridized carbons (Fsp3) is 0.571. The minimum absolute atomic E-state index is 0.0672. The van der Waals surface area contributed by atoms with E-state index in [0.29, 0.717) is 18.7 Å². The maximum Gasteiger partial charge on any atom is 0.313 e. The van der Waals surface area contributed by atoms with Crippen LogP contribution in [0.25, 0.3) is 0 Å². The number of amides is 2. The molecule has 1 N–H and O–H groups in total. The van der Waals surface area contributed by atoms with Gasteiger partial charge in [-0.1, -0.05) is 6.42 Å². The number of carbonyl (C=O) groups is 3. The van der Waals surface area contributed by atoms with Crippen LogP contribution in [0.4, 0.5) is 5.69 Å². The lowest BCUT2D eigenvalue weighted by Gasteiger charge is -2.31. The number of aliphatic carboxylic acids is 1. The van der Waals surface area contributed by atoms with Crippen molar-refractivity contribution in [1.29, 1.82) is 0 Å². The van der Waals surface area contributed by atoms with Crippen LogP contribution in [0.5, 0.6) is 0 Å². The Morgan fingerprint density at radius 3 is 2.14 bits per heavy atom. The second kappa shape index (κ2) is 6.79. The molecular weight excluding hydrogens is 358 g/mol. The van der Waals surface area contributed by atoms with Crippen LogP contribution in [-0.2, 0) is 9.59 Å². The van der Waals surface area contributed by atoms with Crippen LogP contribution >= 0.6 is 0 Å². The number of hydrogen-bond acceptors (Lipinski definition) is 4. The van der Waals surface area contributed by atoms with E-state index in [2.05, 4.69) is 0 Å². The van der Waals surface area contributed by atoms with Gasteiger partial charge in [0.2, 0.25) is 5.91 Å². The molecule has 4 rings (SSSR count). The van der Waals surface area contributed by atoms with E-state index >= 15 is 0 Å². The summed E-state index contributed by atoms with van der Waals surface area (Å²) < 4.78 is 0. The summed E-state index contributed by atoms with van der Waals surface area (Å²) in [6.07, 6.45) is 2.90. The third kappa shape index (κ3) is 2.93. The smallest absolute Gasteiger partial charge is 0.313 e. The van der Waals surface area contributed by atoms with Gasteiger partial charge in [0.25, 0.3) is 5.91 Å². The third-order valence-electron chi connectivity index (χ3n) is 6.72. The number of benzene rings is 1. The second-order valence-corrected chi connectivity index (χ2v) is 8.63. The van der Waals surface area contributed by atoms with E-state index in [0.717, 1.165) is 24.9 Å². The summed E-state index contributed by atoms with van der Waals surface area (Å²) in [6, 6.07) is 7.34. The highest BCUT2D eigenvalue weighted by atomic mass is 16.4. The van der Waals surface area contributed by atoms with Gasteiger partial charge in [0.15, 0.2) is 0 Å². The molecule has 3 fully saturated rings. The van der Waals surface area contributed by atoms with Crippen LogP contribution in [0.2, 0.25) is 0 Å². The van der Waals surface area contributed by atoms with Crippen molar-refractivity contribution in [3.8, 4) is 0 Å². The summed E-state index contributed by atoms with van der Waals surface area (Å²) in [5, 5.41) is 9.97. The van der Waals surface area contributed by atoms with E-state index in [9.17, 15) is 19.5 Å². The molecule has 0 radical (unpaired) electrons. The number of hydrogen-bond donors (Lipinski definition) is 1. The molecule has 0 unspecified atom stereocenters. The van der Waals surface area contributed by atoms with Gasteiger partial charge in [-0.2, -0.15) is 0 Å². The zero-order valence-electron chi connectivity index (χ0n) is 16.4. The van der Waals surface area contributed by atoms with Gasteiger partial charge in [-0.05, 0) is 37.1 Å². The summed E-state index contributed by atoms with van der Waals surface area (Å²) in [5.41, 5.74) is 0.522. The topological polar surface area (TPSA) is 81.2 Å². The monoisotopic (exact) mass is 385 g/mol. The maximum absolute atomic E-state index is 12.9. The number of carbonyl (C=O) groups excluding carboxylic acids is 2. The molecule has 1 saturated carbocycles. The molecule has 28 heavy (non-hydrogen) atoms. The minimum Gasteiger partial charge on any atom is -0.481 e. The van der Waals surface area contributed by atoms with Crippen LogP contribution in [0.15, 0.2) is 24.3 Å². The van der Waals surface area contributed by atoms with Gasteiger partial charge in [-0.25, -0.2) is 0 Å². The number of anilines is 1. The largest absolute Gasteiger partial charge is 0.481 e. The molecule has 1 aliphatic carbocycles. The van der Waals surface area contributed by atoms with Gasteiger partial charge in [0, 0.05) is 63.4 Å². The zero-order chi connectivity index (χ0) is 20.1. The molecule has 2 aliphatic heterocycles. The Morgan fingerprint density at radius 2 is 1.64 bits per heavy atom. The molecule has 0 aromatic heterocycles. The molecule has 2 saturated heterocycles. The first kappa shape index (κ1) is 18.8. The molecular formula is C21H27N3O4. The molecule has 0 spiro atoms. The Bertz CT molecular complexity index is 802. The number of carboxylic acid groups (broad SMARTS) is 1. The van der Waals surface area contributed by atoms with E-state index < -0.39 is 11.4 Å². The van der Waals surface area contributed by atoms with Crippen LogP contribution < -0.4 is 4.90 Å². The average Bonchev–Trinajstić information content (AvgIpc) is 3.15. The molecule has 7 nitrogen and oxygen atoms in total. The number of likely N-dealkylation sites (tertiary alicyclic amines) is 2. The van der Waals surface area contributed by atoms with Gasteiger partial charge in [0.05, 0.1) is 0 Å². The highest BCUT2D eigenvalue weighted by Crippen LogP contribution is 2.44. The molecule has 150 valence electrons. The summed E-state index contributed by atoms with van der Waals surface area (Å²) in [6.45, 7) is 1.20. The van der Waals surface area contributed by atoms with E-state index in [1.165, 1.54) is 0 Å². The summed E-state index contributed by atoms with van der Waals surface area (Å²) >= 11 is 0. The van der Waals surface area contributed by atoms with Gasteiger partial charge in [-0.15, -0.1) is 0 Å². The predicted octanol–water partition coefficient (Wildman–Crippen LogP) is 1.54. The molecule has 2 heterocycles. The minimum atomic E-state index is -1.04. The quantitative estimate of drug-likeness (QED) is 0.850. The van der Waals surface area contributed by atoms with Gasteiger partial charge < -0.3 is 19.8 Å². The molecule has 3 aliphatic rings. The predicted molar refractivity (Wildman–Crippen MR) is 104 cm³/mol. The van der Waals surface area contributed by atoms with Crippen molar-refractivity contribution >= 4 is 23.5 Å². The van der Waals surface area contributed by atoms with E-state index in [1.54, 1.807) is 21.9 Å². The summed E-state index contributed by atoms with van der Waals surface area (Å²) in [7, 11) is 3.87. The fourth-order valence-corrected chi connectivity index (χ4v) is 4.69. The van der Waals surface area contributed by atoms with E-state index in [4.69, 9.17) is 0 Å². The summed E-state index contributed by atoms with van der Waals surface area (Å²) in [4.78, 5) is 43.0. The summed E-state index contributed by atoms with van der Waals surface area (Å²) in [5.74, 6) is -1.09. The zero-order valence-corrected chi connectivity index (χ0v) is 16.4. The standard InChI is InChI=1S/C21H27N3O4/c1-22(2)17-8-6-15(7-9-17)19(26)24-11-16-10-23(18(25)14-4-3-5-14)12-21(16,13-24)20(27)28/h6-9,14,16H,3-5,10-13H2,1-2H3,(H,27,28)/t16-,21-/m1/s1. The first-order valence-corrected chi connectivity index (χ1v) is 9.90. The van der Waals surface area contributed by atoms with Crippen LogP contribution in [0.3, 0.4) is 0 Å². The molecule has 1 aromatic carbocycles. The number of carboxylic acids is 1. The van der Waals surface area contributed by atoms with E-state index in [-0.39, 0.29) is 36.7 Å². The second-order valence-electron chi connectivity index (χ2n) is 8.63. The number of rotatable bonds is 4. The van der Waals surface area contributed by atoms with Crippen molar-refractivity contribution in [3.05, 3.63) is 29.8 Å². The highest BCUT2D eigenvalue weighted by molar-refractivity contribution is 5.95. The van der Waals surface area contributed by atoms with Gasteiger partial charge in [-0.3, -0.25) is 14.4 Å². The lowest BCUT2D eigenvalue weighted by atomic mass is 9.81. The first-order chi connectivity index (χ1) is 13.3. The molecule has 2 atom stereocenters. The van der Waals surface area contributed by atoms with E-state index in [1.807, 2.05) is 31.1 Å². The molecule has 7 heteroatoms. The molecule has 0 bridgehead atoms. The van der Waals surface area contributed by atoms with Gasteiger partial charge >= 0.3 is 5.97 Å². The fourth-order valence-electron chi connectivity index (χ4n) is 4.69. The first-order valence-electron chi connectivity index (χ1n) is 9.90. The van der Waals surface area contributed by atoms with Crippen LogP contribution in [0.1, 0.15) is 29.6 Å². The third-order valence-corrected chi connectivity index (χ3v) is 6.72. The molecule has 1 aromatic rings. The van der Waals surface area contributed by atoms with Crippen molar-refractivity contribution in [2.75, 3.05) is 45.2 Å². The maximum atomic E-state index is 12.9.